The topological polar surface area (TPSA) is 70.2 Å². The summed E-state index contributed by atoms with van der Waals surface area (Å²) in [6.07, 6.45) is 3.99. The van der Waals surface area contributed by atoms with Crippen molar-refractivity contribution in [3.63, 3.8) is 0 Å². The van der Waals surface area contributed by atoms with Crippen LogP contribution in [0.1, 0.15) is 44.5 Å². The minimum absolute atomic E-state index is 0.205. The van der Waals surface area contributed by atoms with Gasteiger partial charge in [-0.15, -0.1) is 5.10 Å². The van der Waals surface area contributed by atoms with Gasteiger partial charge in [0, 0.05) is 16.5 Å². The van der Waals surface area contributed by atoms with E-state index < -0.39 is 6.17 Å². The lowest BCUT2D eigenvalue weighted by atomic mass is 10.1. The van der Waals surface area contributed by atoms with Crippen molar-refractivity contribution in [3.8, 4) is 11.3 Å². The number of thioether (sulfide) groups is 1. The smallest absolute Gasteiger partial charge is 0.276 e. The fourth-order valence-electron chi connectivity index (χ4n) is 4.04. The van der Waals surface area contributed by atoms with Crippen LogP contribution in [0, 0.1) is 5.82 Å². The number of hydrazone groups is 1. The highest BCUT2D eigenvalue weighted by molar-refractivity contribution is 8.13. The number of para-hydroxylation sites is 1. The average molecular weight is 477 g/mol. The van der Waals surface area contributed by atoms with Gasteiger partial charge in [0.2, 0.25) is 6.17 Å². The zero-order valence-corrected chi connectivity index (χ0v) is 19.6. The van der Waals surface area contributed by atoms with Crippen LogP contribution >= 0.6 is 11.8 Å². The van der Waals surface area contributed by atoms with Crippen molar-refractivity contribution in [3.05, 3.63) is 82.8 Å². The molecule has 2 aromatic carbocycles. The second kappa shape index (κ2) is 9.85. The lowest BCUT2D eigenvalue weighted by molar-refractivity contribution is -0.116. The Balaban J connectivity index is 1.50. The Kier molecular flexibility index (Phi) is 6.49. The normalized spacial score (nSPS) is 16.9. The van der Waals surface area contributed by atoms with E-state index in [1.807, 2.05) is 36.4 Å². The molecule has 0 bridgehead atoms. The van der Waals surface area contributed by atoms with Crippen molar-refractivity contribution >= 4 is 28.5 Å². The average Bonchev–Trinajstić information content (AvgIpc) is 3.34. The number of nitrogens with zero attached hydrogens (tertiary/aromatic N) is 3. The maximum absolute atomic E-state index is 13.3. The zero-order chi connectivity index (χ0) is 23.5. The van der Waals surface area contributed by atoms with Gasteiger partial charge in [0.05, 0.1) is 5.36 Å². The molecule has 0 spiro atoms. The molecule has 0 saturated heterocycles. The molecule has 6 nitrogen and oxygen atoms in total. The fraction of sp³-hybridized carbons (Fsp3) is 0.269. The highest BCUT2D eigenvalue weighted by Crippen LogP contribution is 2.34. The second-order valence-electron chi connectivity index (χ2n) is 8.19. The molecule has 3 heterocycles. The Hall–Kier alpha value is -3.39. The Bertz CT molecular complexity index is 1350. The number of unbranched alkanes of at least 4 members (excludes halogenated alkanes) is 3. The van der Waals surface area contributed by atoms with Crippen LogP contribution in [0.2, 0.25) is 0 Å². The summed E-state index contributed by atoms with van der Waals surface area (Å²) < 4.78 is 19.5. The predicted octanol–water partition coefficient (Wildman–Crippen LogP) is 4.54. The number of amides is 1. The highest BCUT2D eigenvalue weighted by atomic mass is 32.2. The third-order valence-corrected chi connectivity index (χ3v) is 6.71. The van der Waals surface area contributed by atoms with Gasteiger partial charge in [-0.05, 0) is 48.9 Å². The summed E-state index contributed by atoms with van der Waals surface area (Å²) in [6, 6.07) is 17.3. The molecule has 34 heavy (non-hydrogen) atoms. The first kappa shape index (κ1) is 22.4. The number of benzene rings is 2. The van der Waals surface area contributed by atoms with E-state index >= 15 is 0 Å². The standard InChI is InChI=1S/C26H25FN4O2S/c1-2-3-4-7-16-34-26-29-25(32)23-19-8-5-6-9-20(19)28-24(31(23)30-26)22-15-14-21(33-22)17-10-12-18(27)13-11-17/h5-6,8-15,24H,2-4,7,16H2,1H3,(H,29,30,32). The molecule has 0 aliphatic carbocycles. The number of fused-ring (bicyclic) bond motifs is 2. The highest BCUT2D eigenvalue weighted by Gasteiger charge is 2.35. The van der Waals surface area contributed by atoms with Crippen molar-refractivity contribution in [2.24, 2.45) is 10.1 Å². The van der Waals surface area contributed by atoms with Crippen LogP contribution in [0.5, 0.6) is 0 Å². The molecule has 2 aliphatic heterocycles. The molecule has 1 atom stereocenters. The van der Waals surface area contributed by atoms with E-state index in [0.717, 1.165) is 29.4 Å². The lowest BCUT2D eigenvalue weighted by Crippen LogP contribution is -2.50. The summed E-state index contributed by atoms with van der Waals surface area (Å²) in [4.78, 5) is 18.0. The van der Waals surface area contributed by atoms with Crippen LogP contribution < -0.4 is 15.9 Å². The molecule has 1 aromatic heterocycles. The molecular weight excluding hydrogens is 451 g/mol. The third kappa shape index (κ3) is 4.50. The number of carbonyl (C=O) groups excluding carboxylic acids is 1. The molecule has 1 amide bonds. The maximum atomic E-state index is 13.3. The molecule has 174 valence electrons. The Morgan fingerprint density at radius 1 is 1.06 bits per heavy atom. The number of halogens is 1. The van der Waals surface area contributed by atoms with Gasteiger partial charge < -0.3 is 4.42 Å². The van der Waals surface area contributed by atoms with Gasteiger partial charge in [0.15, 0.2) is 10.9 Å². The monoisotopic (exact) mass is 476 g/mol. The van der Waals surface area contributed by atoms with Crippen molar-refractivity contribution in [2.45, 2.75) is 38.8 Å². The number of furan rings is 1. The van der Waals surface area contributed by atoms with E-state index in [0.29, 0.717) is 27.7 Å². The van der Waals surface area contributed by atoms with Crippen LogP contribution in [0.4, 0.5) is 4.39 Å². The predicted molar refractivity (Wildman–Crippen MR) is 131 cm³/mol. The summed E-state index contributed by atoms with van der Waals surface area (Å²) in [5, 5.41) is 11.4. The van der Waals surface area contributed by atoms with Crippen molar-refractivity contribution in [2.75, 3.05) is 5.75 Å². The molecule has 3 aromatic rings. The van der Waals surface area contributed by atoms with Gasteiger partial charge in [-0.2, -0.15) is 0 Å². The lowest BCUT2D eigenvalue weighted by Gasteiger charge is -2.32. The van der Waals surface area contributed by atoms with Crippen LogP contribution in [0.25, 0.3) is 17.0 Å². The van der Waals surface area contributed by atoms with E-state index in [-0.39, 0.29) is 11.7 Å². The molecule has 0 radical (unpaired) electrons. The van der Waals surface area contributed by atoms with Crippen LogP contribution in [-0.2, 0) is 4.79 Å². The number of hydrogen-bond donors (Lipinski definition) is 1. The number of hydrogen-bond acceptors (Lipinski definition) is 6. The summed E-state index contributed by atoms with van der Waals surface area (Å²) >= 11 is 1.54. The number of rotatable bonds is 7. The van der Waals surface area contributed by atoms with E-state index in [9.17, 15) is 9.18 Å². The first-order valence-electron chi connectivity index (χ1n) is 11.5. The SMILES string of the molecule is CCCCCCSC1=NN2C(=c3ccccc3=NC2c2ccc(-c3ccc(F)cc3)o2)C(=O)N1. The maximum Gasteiger partial charge on any atom is 0.276 e. The first-order valence-corrected chi connectivity index (χ1v) is 12.5. The van der Waals surface area contributed by atoms with Crippen molar-refractivity contribution in [1.82, 2.24) is 10.3 Å². The van der Waals surface area contributed by atoms with Gasteiger partial charge in [-0.3, -0.25) is 10.1 Å². The fourth-order valence-corrected chi connectivity index (χ4v) is 4.89. The van der Waals surface area contributed by atoms with E-state index in [1.54, 1.807) is 28.9 Å². The van der Waals surface area contributed by atoms with Gasteiger partial charge in [-0.25, -0.2) is 14.4 Å². The first-order chi connectivity index (χ1) is 16.6. The Morgan fingerprint density at radius 2 is 1.88 bits per heavy atom. The summed E-state index contributed by atoms with van der Waals surface area (Å²) in [5.41, 5.74) is 1.21. The quantitative estimate of drug-likeness (QED) is 0.508. The Labute approximate surface area is 201 Å². The van der Waals surface area contributed by atoms with Gasteiger partial charge in [0.1, 0.15) is 17.3 Å². The number of amidine groups is 1. The van der Waals surface area contributed by atoms with Crippen LogP contribution in [-0.4, -0.2) is 21.8 Å². The number of carbonyl (C=O) groups is 1. The van der Waals surface area contributed by atoms with Gasteiger partial charge >= 0.3 is 0 Å². The Morgan fingerprint density at radius 3 is 2.71 bits per heavy atom. The summed E-state index contributed by atoms with van der Waals surface area (Å²) in [5.74, 6) is 1.53. The van der Waals surface area contributed by atoms with Crippen LogP contribution in [0.3, 0.4) is 0 Å². The molecule has 2 aliphatic rings. The van der Waals surface area contributed by atoms with Gasteiger partial charge in [-0.1, -0.05) is 56.1 Å². The minimum atomic E-state index is -0.624. The molecule has 1 unspecified atom stereocenters. The van der Waals surface area contributed by atoms with Crippen LogP contribution in [0.15, 0.2) is 75.2 Å². The zero-order valence-electron chi connectivity index (χ0n) is 18.8. The second-order valence-corrected chi connectivity index (χ2v) is 9.27. The van der Waals surface area contributed by atoms with Gasteiger partial charge in [0.25, 0.3) is 5.91 Å². The molecule has 5 rings (SSSR count). The minimum Gasteiger partial charge on any atom is -0.457 e. The number of nitrogens with one attached hydrogen (secondary N) is 1. The van der Waals surface area contributed by atoms with Crippen molar-refractivity contribution in [1.29, 1.82) is 0 Å². The van der Waals surface area contributed by atoms with Crippen molar-refractivity contribution < 1.29 is 13.6 Å². The largest absolute Gasteiger partial charge is 0.457 e. The van der Waals surface area contributed by atoms with E-state index in [2.05, 4.69) is 12.2 Å². The molecule has 1 N–H and O–H groups in total. The third-order valence-electron chi connectivity index (χ3n) is 5.76. The van der Waals surface area contributed by atoms with E-state index in [4.69, 9.17) is 14.5 Å². The molecule has 0 fully saturated rings. The molecular formula is C26H25FN4O2S. The molecule has 8 heteroatoms. The van der Waals surface area contributed by atoms with E-state index in [1.165, 1.54) is 25.0 Å². The molecule has 0 saturated carbocycles. The summed E-state index contributed by atoms with van der Waals surface area (Å²) in [6.45, 7) is 2.18. The summed E-state index contributed by atoms with van der Waals surface area (Å²) in [7, 11) is 0.